The van der Waals surface area contributed by atoms with Crippen LogP contribution in [0, 0.1) is 0 Å². The Morgan fingerprint density at radius 1 is 1.39 bits per heavy atom. The highest BCUT2D eigenvalue weighted by Gasteiger charge is 2.52. The van der Waals surface area contributed by atoms with Crippen LogP contribution in [0.2, 0.25) is 0 Å². The molecule has 0 bridgehead atoms. The van der Waals surface area contributed by atoms with E-state index in [2.05, 4.69) is 5.32 Å². The van der Waals surface area contributed by atoms with E-state index in [1.807, 2.05) is 0 Å². The summed E-state index contributed by atoms with van der Waals surface area (Å²) in [6, 6.07) is -0.911. The number of sulfone groups is 1. The topological polar surface area (TPSA) is 104 Å². The van der Waals surface area contributed by atoms with Gasteiger partial charge in [0.15, 0.2) is 9.84 Å². The number of hydrogen-bond donors (Lipinski definition) is 2. The fraction of sp³-hybridized carbons (Fsp3) is 0.800. The highest BCUT2D eigenvalue weighted by atomic mass is 32.2. The molecule has 2 fully saturated rings. The molecule has 1 saturated heterocycles. The molecule has 8 heteroatoms. The predicted octanol–water partition coefficient (Wildman–Crippen LogP) is -0.568. The molecule has 102 valence electrons. The van der Waals surface area contributed by atoms with E-state index >= 15 is 0 Å². The number of amides is 2. The molecule has 2 amide bonds. The van der Waals surface area contributed by atoms with Crippen molar-refractivity contribution >= 4 is 21.8 Å². The van der Waals surface area contributed by atoms with Crippen molar-refractivity contribution in [2.45, 2.75) is 31.3 Å². The predicted molar refractivity (Wildman–Crippen MR) is 63.0 cm³/mol. The van der Waals surface area contributed by atoms with Gasteiger partial charge in [-0.25, -0.2) is 18.0 Å². The monoisotopic (exact) mass is 276 g/mol. The number of rotatable bonds is 2. The average molecular weight is 276 g/mol. The standard InChI is InChI=1S/C10H16N2O5S/c1-7-6-18(16,17)5-4-12(7)9(15)11-10(2-3-10)8(13)14/h7H,2-6H2,1H3,(H,11,15)(H,13,14). The van der Waals surface area contributed by atoms with Gasteiger partial charge in [-0.2, -0.15) is 0 Å². The van der Waals surface area contributed by atoms with E-state index in [0.29, 0.717) is 12.8 Å². The van der Waals surface area contributed by atoms with Crippen molar-refractivity contribution in [2.24, 2.45) is 0 Å². The largest absolute Gasteiger partial charge is 0.480 e. The first-order valence-electron chi connectivity index (χ1n) is 5.78. The van der Waals surface area contributed by atoms with Crippen molar-refractivity contribution in [3.8, 4) is 0 Å². The van der Waals surface area contributed by atoms with Gasteiger partial charge >= 0.3 is 12.0 Å². The van der Waals surface area contributed by atoms with Gasteiger partial charge in [0.1, 0.15) is 5.54 Å². The number of urea groups is 1. The number of carbonyl (C=O) groups is 2. The minimum Gasteiger partial charge on any atom is -0.480 e. The third kappa shape index (κ3) is 2.43. The minimum absolute atomic E-state index is 0.0647. The Morgan fingerprint density at radius 3 is 2.44 bits per heavy atom. The van der Waals surface area contributed by atoms with E-state index in [1.54, 1.807) is 6.92 Å². The molecule has 2 N–H and O–H groups in total. The van der Waals surface area contributed by atoms with Crippen molar-refractivity contribution in [1.82, 2.24) is 10.2 Å². The van der Waals surface area contributed by atoms with Crippen molar-refractivity contribution in [3.63, 3.8) is 0 Å². The van der Waals surface area contributed by atoms with Crippen LogP contribution in [-0.2, 0) is 14.6 Å². The maximum absolute atomic E-state index is 11.9. The Hall–Kier alpha value is -1.31. The van der Waals surface area contributed by atoms with Crippen LogP contribution in [0.15, 0.2) is 0 Å². The van der Waals surface area contributed by atoms with E-state index < -0.39 is 33.4 Å². The second kappa shape index (κ2) is 4.11. The van der Waals surface area contributed by atoms with E-state index in [1.165, 1.54) is 4.90 Å². The molecule has 1 heterocycles. The van der Waals surface area contributed by atoms with Crippen LogP contribution in [0.25, 0.3) is 0 Å². The number of aliphatic carboxylic acids is 1. The SMILES string of the molecule is CC1CS(=O)(=O)CCN1C(=O)NC1(C(=O)O)CC1. The highest BCUT2D eigenvalue weighted by molar-refractivity contribution is 7.91. The Balaban J connectivity index is 2.01. The quantitative estimate of drug-likeness (QED) is 0.703. The summed E-state index contributed by atoms with van der Waals surface area (Å²) in [7, 11) is -3.08. The third-order valence-electron chi connectivity index (χ3n) is 3.44. The molecule has 1 aliphatic carbocycles. The van der Waals surface area contributed by atoms with E-state index in [9.17, 15) is 18.0 Å². The van der Waals surface area contributed by atoms with Gasteiger partial charge in [-0.05, 0) is 19.8 Å². The molecule has 2 aliphatic rings. The van der Waals surface area contributed by atoms with Gasteiger partial charge < -0.3 is 15.3 Å². The zero-order valence-corrected chi connectivity index (χ0v) is 10.9. The molecule has 1 unspecified atom stereocenters. The van der Waals surface area contributed by atoms with Crippen LogP contribution in [0.3, 0.4) is 0 Å². The Kier molecular flexibility index (Phi) is 3.00. The van der Waals surface area contributed by atoms with E-state index in [-0.39, 0.29) is 18.1 Å². The van der Waals surface area contributed by atoms with Crippen LogP contribution < -0.4 is 5.32 Å². The maximum atomic E-state index is 11.9. The molecule has 18 heavy (non-hydrogen) atoms. The fourth-order valence-electron chi connectivity index (χ4n) is 2.09. The van der Waals surface area contributed by atoms with Gasteiger partial charge in [-0.3, -0.25) is 0 Å². The minimum atomic E-state index is -3.08. The lowest BCUT2D eigenvalue weighted by molar-refractivity contribution is -0.140. The van der Waals surface area contributed by atoms with Crippen LogP contribution in [0.4, 0.5) is 4.79 Å². The first-order valence-corrected chi connectivity index (χ1v) is 7.60. The number of nitrogens with zero attached hydrogens (tertiary/aromatic N) is 1. The number of carboxylic acid groups (broad SMARTS) is 1. The van der Waals surface area contributed by atoms with Gasteiger partial charge in [0.2, 0.25) is 0 Å². The molecular formula is C10H16N2O5S. The summed E-state index contributed by atoms with van der Waals surface area (Å²) in [5.74, 6) is -1.17. The molecule has 0 radical (unpaired) electrons. The van der Waals surface area contributed by atoms with Gasteiger partial charge in [0.05, 0.1) is 11.5 Å². The summed E-state index contributed by atoms with van der Waals surface area (Å²) in [6.45, 7) is 1.77. The van der Waals surface area contributed by atoms with Crippen LogP contribution in [0.5, 0.6) is 0 Å². The second-order valence-corrected chi connectivity index (χ2v) is 7.20. The summed E-state index contributed by atoms with van der Waals surface area (Å²) in [5.41, 5.74) is -1.13. The molecule has 2 rings (SSSR count). The maximum Gasteiger partial charge on any atom is 0.329 e. The lowest BCUT2D eigenvalue weighted by atomic mass is 10.2. The van der Waals surface area contributed by atoms with Gasteiger partial charge in [-0.1, -0.05) is 0 Å². The molecule has 0 spiro atoms. The molecule has 0 aromatic carbocycles. The Bertz CT molecular complexity index is 482. The smallest absolute Gasteiger partial charge is 0.329 e. The Morgan fingerprint density at radius 2 is 2.00 bits per heavy atom. The van der Waals surface area contributed by atoms with Crippen molar-refractivity contribution in [1.29, 1.82) is 0 Å². The molecule has 1 aliphatic heterocycles. The lowest BCUT2D eigenvalue weighted by Gasteiger charge is -2.34. The summed E-state index contributed by atoms with van der Waals surface area (Å²) in [6.07, 6.45) is 0.850. The number of carbonyl (C=O) groups excluding carboxylic acids is 1. The molecule has 1 saturated carbocycles. The molecule has 1 atom stereocenters. The second-order valence-electron chi connectivity index (χ2n) is 4.97. The molecule has 0 aromatic heterocycles. The van der Waals surface area contributed by atoms with Crippen LogP contribution in [-0.4, -0.2) is 60.1 Å². The normalized spacial score (nSPS) is 28.5. The van der Waals surface area contributed by atoms with Gasteiger partial charge in [0, 0.05) is 12.6 Å². The highest BCUT2D eigenvalue weighted by Crippen LogP contribution is 2.35. The molecule has 7 nitrogen and oxygen atoms in total. The fourth-order valence-corrected chi connectivity index (χ4v) is 3.65. The zero-order valence-electron chi connectivity index (χ0n) is 10.0. The Labute approximate surface area is 105 Å². The third-order valence-corrected chi connectivity index (χ3v) is 5.23. The summed E-state index contributed by atoms with van der Waals surface area (Å²) in [4.78, 5) is 24.3. The molecular weight excluding hydrogens is 260 g/mol. The average Bonchev–Trinajstić information content (AvgIpc) is 2.96. The van der Waals surface area contributed by atoms with Gasteiger partial charge in [0.25, 0.3) is 0 Å². The summed E-state index contributed by atoms with van der Waals surface area (Å²) in [5, 5.41) is 11.5. The molecule has 0 aromatic rings. The van der Waals surface area contributed by atoms with Crippen LogP contribution in [0.1, 0.15) is 19.8 Å². The van der Waals surface area contributed by atoms with Crippen molar-refractivity contribution in [3.05, 3.63) is 0 Å². The summed E-state index contributed by atoms with van der Waals surface area (Å²) < 4.78 is 22.8. The first-order chi connectivity index (χ1) is 8.26. The number of hydrogen-bond acceptors (Lipinski definition) is 4. The first kappa shape index (κ1) is 13.1. The van der Waals surface area contributed by atoms with E-state index in [0.717, 1.165) is 0 Å². The number of carboxylic acids is 1. The van der Waals surface area contributed by atoms with E-state index in [4.69, 9.17) is 5.11 Å². The van der Waals surface area contributed by atoms with Crippen molar-refractivity contribution < 1.29 is 23.1 Å². The lowest BCUT2D eigenvalue weighted by Crippen LogP contribution is -2.56. The number of nitrogens with one attached hydrogen (secondary N) is 1. The summed E-state index contributed by atoms with van der Waals surface area (Å²) >= 11 is 0. The zero-order chi connectivity index (χ0) is 13.6. The van der Waals surface area contributed by atoms with Gasteiger partial charge in [-0.15, -0.1) is 0 Å². The van der Waals surface area contributed by atoms with Crippen molar-refractivity contribution in [2.75, 3.05) is 18.1 Å². The van der Waals surface area contributed by atoms with Crippen LogP contribution >= 0.6 is 0 Å².